The molecule has 23 heavy (non-hydrogen) atoms. The molecule has 4 rings (SSSR count). The average molecular weight is 370 g/mol. The first-order chi connectivity index (χ1) is 10.8. The van der Waals surface area contributed by atoms with E-state index in [9.17, 15) is 0 Å². The van der Waals surface area contributed by atoms with Crippen LogP contribution in [0.15, 0.2) is 29.6 Å². The van der Waals surface area contributed by atoms with E-state index in [2.05, 4.69) is 27.7 Å². The van der Waals surface area contributed by atoms with Crippen LogP contribution in [0.4, 0.5) is 0 Å². The maximum Gasteiger partial charge on any atom is 0.0959 e. The molecule has 1 N–H and O–H groups in total. The highest BCUT2D eigenvalue weighted by atomic mass is 35.5. The molecular formula is C17H21Cl2N3S. The summed E-state index contributed by atoms with van der Waals surface area (Å²) in [6.07, 6.45) is 2.64. The second-order valence-electron chi connectivity index (χ2n) is 6.16. The zero-order valence-corrected chi connectivity index (χ0v) is 15.3. The Balaban J connectivity index is 0.00000156. The topological polar surface area (TPSA) is 28.2 Å². The Morgan fingerprint density at radius 2 is 2.13 bits per heavy atom. The number of hydrogen-bond donors (Lipinski definition) is 1. The van der Waals surface area contributed by atoms with Crippen molar-refractivity contribution in [2.24, 2.45) is 0 Å². The van der Waals surface area contributed by atoms with E-state index in [0.717, 1.165) is 37.1 Å². The van der Waals surface area contributed by atoms with Crippen molar-refractivity contribution in [3.05, 3.63) is 50.9 Å². The molecule has 3 nitrogen and oxygen atoms in total. The van der Waals surface area contributed by atoms with Gasteiger partial charge in [-0.3, -0.25) is 4.90 Å². The van der Waals surface area contributed by atoms with Gasteiger partial charge in [0.1, 0.15) is 0 Å². The molecule has 1 aliphatic heterocycles. The Morgan fingerprint density at radius 1 is 1.30 bits per heavy atom. The van der Waals surface area contributed by atoms with E-state index >= 15 is 0 Å². The van der Waals surface area contributed by atoms with Crippen molar-refractivity contribution in [1.82, 2.24) is 15.2 Å². The SMILES string of the molecule is Cl.Clc1ccccc1C1CNCCN1Cc1csc(C2CC2)n1. The second kappa shape index (κ2) is 7.49. The molecule has 2 fully saturated rings. The van der Waals surface area contributed by atoms with E-state index < -0.39 is 0 Å². The molecule has 6 heteroatoms. The molecule has 2 aromatic rings. The summed E-state index contributed by atoms with van der Waals surface area (Å²) in [4.78, 5) is 7.34. The predicted octanol–water partition coefficient (Wildman–Crippen LogP) is 4.24. The summed E-state index contributed by atoms with van der Waals surface area (Å²) in [6, 6.07) is 8.52. The van der Waals surface area contributed by atoms with Crippen LogP contribution in [-0.4, -0.2) is 29.5 Å². The third kappa shape index (κ3) is 3.89. The minimum Gasteiger partial charge on any atom is -0.314 e. The molecule has 0 amide bonds. The normalized spacial score (nSPS) is 21.9. The number of aromatic nitrogens is 1. The molecule has 2 aliphatic rings. The van der Waals surface area contributed by atoms with Crippen molar-refractivity contribution < 1.29 is 0 Å². The monoisotopic (exact) mass is 369 g/mol. The molecule has 0 spiro atoms. The van der Waals surface area contributed by atoms with Gasteiger partial charge in [0.15, 0.2) is 0 Å². The van der Waals surface area contributed by atoms with Crippen LogP contribution >= 0.6 is 35.3 Å². The van der Waals surface area contributed by atoms with E-state index in [4.69, 9.17) is 16.6 Å². The standard InChI is InChI=1S/C17H20ClN3S.ClH/c18-15-4-2-1-3-14(15)16-9-19-7-8-21(16)10-13-11-22-17(20-13)12-5-6-12;/h1-4,11-12,16,19H,5-10H2;1H. The smallest absolute Gasteiger partial charge is 0.0959 e. The summed E-state index contributed by atoms with van der Waals surface area (Å²) >= 11 is 8.24. The Morgan fingerprint density at radius 3 is 2.91 bits per heavy atom. The molecule has 1 unspecified atom stereocenters. The first kappa shape index (κ1) is 17.2. The quantitative estimate of drug-likeness (QED) is 0.873. The summed E-state index contributed by atoms with van der Waals surface area (Å²) in [5, 5.41) is 7.92. The number of hydrogen-bond acceptors (Lipinski definition) is 4. The molecule has 2 heterocycles. The van der Waals surface area contributed by atoms with Crippen molar-refractivity contribution in [1.29, 1.82) is 0 Å². The fourth-order valence-electron chi connectivity index (χ4n) is 3.11. The van der Waals surface area contributed by atoms with E-state index in [1.165, 1.54) is 29.1 Å². The fraction of sp³-hybridized carbons (Fsp3) is 0.471. The Bertz CT molecular complexity index is 657. The van der Waals surface area contributed by atoms with Crippen molar-refractivity contribution in [3.8, 4) is 0 Å². The van der Waals surface area contributed by atoms with Crippen LogP contribution in [0, 0.1) is 0 Å². The summed E-state index contributed by atoms with van der Waals surface area (Å²) < 4.78 is 0. The van der Waals surface area contributed by atoms with E-state index in [-0.39, 0.29) is 12.4 Å². The first-order valence-corrected chi connectivity index (χ1v) is 9.20. The lowest BCUT2D eigenvalue weighted by Gasteiger charge is -2.36. The van der Waals surface area contributed by atoms with E-state index in [1.54, 1.807) is 0 Å². The van der Waals surface area contributed by atoms with Gasteiger partial charge in [0, 0.05) is 48.5 Å². The molecule has 1 saturated carbocycles. The third-order valence-electron chi connectivity index (χ3n) is 4.48. The summed E-state index contributed by atoms with van der Waals surface area (Å²) in [5.41, 5.74) is 2.43. The van der Waals surface area contributed by atoms with Gasteiger partial charge in [-0.05, 0) is 24.5 Å². The molecule has 1 atom stereocenters. The Labute approximate surface area is 152 Å². The van der Waals surface area contributed by atoms with Gasteiger partial charge < -0.3 is 5.32 Å². The zero-order valence-electron chi connectivity index (χ0n) is 12.9. The highest BCUT2D eigenvalue weighted by molar-refractivity contribution is 7.09. The van der Waals surface area contributed by atoms with Gasteiger partial charge in [0.2, 0.25) is 0 Å². The Kier molecular flexibility index (Phi) is 5.60. The van der Waals surface area contributed by atoms with Crippen LogP contribution in [0.5, 0.6) is 0 Å². The van der Waals surface area contributed by atoms with Gasteiger partial charge in [-0.25, -0.2) is 4.98 Å². The van der Waals surface area contributed by atoms with Crippen molar-refractivity contribution >= 4 is 35.3 Å². The molecule has 1 aromatic heterocycles. The number of rotatable bonds is 4. The Hall–Kier alpha value is -0.650. The van der Waals surface area contributed by atoms with Crippen LogP contribution < -0.4 is 5.32 Å². The van der Waals surface area contributed by atoms with Gasteiger partial charge in [0.25, 0.3) is 0 Å². The van der Waals surface area contributed by atoms with Gasteiger partial charge in [-0.15, -0.1) is 23.7 Å². The summed E-state index contributed by atoms with van der Waals surface area (Å²) in [7, 11) is 0. The molecule has 1 aromatic carbocycles. The second-order valence-corrected chi connectivity index (χ2v) is 7.46. The molecule has 124 valence electrons. The van der Waals surface area contributed by atoms with Crippen molar-refractivity contribution in [2.45, 2.75) is 31.3 Å². The number of halogens is 2. The highest BCUT2D eigenvalue weighted by Crippen LogP contribution is 2.41. The van der Waals surface area contributed by atoms with Crippen LogP contribution in [0.1, 0.15) is 41.1 Å². The predicted molar refractivity (Wildman–Crippen MR) is 98.8 cm³/mol. The minimum atomic E-state index is 0. The van der Waals surface area contributed by atoms with Crippen LogP contribution in [0.3, 0.4) is 0 Å². The maximum absolute atomic E-state index is 6.41. The van der Waals surface area contributed by atoms with Crippen LogP contribution in [-0.2, 0) is 6.54 Å². The number of nitrogens with one attached hydrogen (secondary N) is 1. The summed E-state index contributed by atoms with van der Waals surface area (Å²) in [5.74, 6) is 0.751. The lowest BCUT2D eigenvalue weighted by molar-refractivity contribution is 0.152. The van der Waals surface area contributed by atoms with Crippen molar-refractivity contribution in [3.63, 3.8) is 0 Å². The van der Waals surface area contributed by atoms with Gasteiger partial charge in [-0.2, -0.15) is 0 Å². The van der Waals surface area contributed by atoms with Crippen molar-refractivity contribution in [2.75, 3.05) is 19.6 Å². The lowest BCUT2D eigenvalue weighted by atomic mass is 10.0. The molecule has 0 bridgehead atoms. The van der Waals surface area contributed by atoms with Gasteiger partial charge in [0.05, 0.1) is 10.7 Å². The minimum absolute atomic E-state index is 0. The third-order valence-corrected chi connectivity index (χ3v) is 5.88. The van der Waals surface area contributed by atoms with Crippen LogP contribution in [0.2, 0.25) is 5.02 Å². The van der Waals surface area contributed by atoms with E-state index in [0.29, 0.717) is 6.04 Å². The number of benzene rings is 1. The summed E-state index contributed by atoms with van der Waals surface area (Å²) in [6.45, 7) is 3.93. The average Bonchev–Trinajstić information content (AvgIpc) is 3.29. The lowest BCUT2D eigenvalue weighted by Crippen LogP contribution is -2.45. The highest BCUT2D eigenvalue weighted by Gasteiger charge is 2.29. The van der Waals surface area contributed by atoms with Crippen LogP contribution in [0.25, 0.3) is 0 Å². The van der Waals surface area contributed by atoms with Gasteiger partial charge in [-0.1, -0.05) is 29.8 Å². The van der Waals surface area contributed by atoms with Gasteiger partial charge >= 0.3 is 0 Å². The number of nitrogens with zero attached hydrogens (tertiary/aromatic N) is 2. The molecule has 1 aliphatic carbocycles. The maximum atomic E-state index is 6.41. The fourth-order valence-corrected chi connectivity index (χ4v) is 4.35. The molecule has 1 saturated heterocycles. The number of thiazole rings is 1. The number of piperazine rings is 1. The first-order valence-electron chi connectivity index (χ1n) is 7.95. The molecular weight excluding hydrogens is 349 g/mol. The zero-order chi connectivity index (χ0) is 14.9. The van der Waals surface area contributed by atoms with E-state index in [1.807, 2.05) is 23.5 Å². The largest absolute Gasteiger partial charge is 0.314 e. The molecule has 0 radical (unpaired) electrons.